The Balaban J connectivity index is 2.36. The van der Waals surface area contributed by atoms with E-state index in [-0.39, 0.29) is 12.2 Å². The van der Waals surface area contributed by atoms with Crippen molar-refractivity contribution >= 4 is 22.7 Å². The second kappa shape index (κ2) is 8.17. The van der Waals surface area contributed by atoms with Gasteiger partial charge < -0.3 is 9.84 Å². The molecule has 0 aliphatic rings. The van der Waals surface area contributed by atoms with Gasteiger partial charge in [-0.2, -0.15) is 0 Å². The highest BCUT2D eigenvalue weighted by Crippen LogP contribution is 2.18. The number of benzene rings is 1. The summed E-state index contributed by atoms with van der Waals surface area (Å²) in [6.45, 7) is 1.35. The van der Waals surface area contributed by atoms with E-state index in [0.29, 0.717) is 30.1 Å². The molecule has 0 unspecified atom stereocenters. The van der Waals surface area contributed by atoms with Crippen molar-refractivity contribution in [1.29, 1.82) is 0 Å². The number of thioether (sulfide) groups is 1. The maximum atomic E-state index is 12.6. The summed E-state index contributed by atoms with van der Waals surface area (Å²) in [5.74, 6) is 0.742. The first-order valence-corrected chi connectivity index (χ1v) is 7.98. The molecule has 2 aromatic rings. The molecule has 0 radical (unpaired) electrons. The van der Waals surface area contributed by atoms with Crippen molar-refractivity contribution in [2.45, 2.75) is 24.5 Å². The Labute approximate surface area is 128 Å². The van der Waals surface area contributed by atoms with Crippen LogP contribution in [0.15, 0.2) is 34.2 Å². The number of methoxy groups -OCH3 is 1. The first-order valence-electron chi connectivity index (χ1n) is 7.00. The predicted octanol–water partition coefficient (Wildman–Crippen LogP) is 1.91. The van der Waals surface area contributed by atoms with E-state index in [4.69, 9.17) is 9.84 Å². The molecule has 6 heteroatoms. The minimum atomic E-state index is -0.0109. The Bertz CT molecular complexity index is 642. The molecule has 0 aliphatic heterocycles. The quantitative estimate of drug-likeness (QED) is 0.458. The van der Waals surface area contributed by atoms with Crippen molar-refractivity contribution in [3.8, 4) is 0 Å². The number of nitrogens with zero attached hydrogens (tertiary/aromatic N) is 2. The van der Waals surface area contributed by atoms with Crippen molar-refractivity contribution in [3.05, 3.63) is 34.6 Å². The highest BCUT2D eigenvalue weighted by Gasteiger charge is 2.10. The SMILES string of the molecule is COCCCn1c(SCCCO)nc2ccccc2c1=O. The van der Waals surface area contributed by atoms with E-state index in [0.717, 1.165) is 17.7 Å². The Hall–Kier alpha value is -1.37. The first-order chi connectivity index (χ1) is 10.3. The summed E-state index contributed by atoms with van der Waals surface area (Å²) in [6, 6.07) is 7.39. The molecule has 1 aromatic heterocycles. The third kappa shape index (κ3) is 4.06. The largest absolute Gasteiger partial charge is 0.396 e. The topological polar surface area (TPSA) is 64.3 Å². The molecule has 0 aliphatic carbocycles. The lowest BCUT2D eigenvalue weighted by Crippen LogP contribution is -2.24. The summed E-state index contributed by atoms with van der Waals surface area (Å²) in [6.07, 6.45) is 1.45. The van der Waals surface area contributed by atoms with Gasteiger partial charge >= 0.3 is 0 Å². The van der Waals surface area contributed by atoms with Gasteiger partial charge in [-0.25, -0.2) is 4.98 Å². The van der Waals surface area contributed by atoms with Crippen LogP contribution in [0.1, 0.15) is 12.8 Å². The fourth-order valence-corrected chi connectivity index (χ4v) is 3.00. The maximum Gasteiger partial charge on any atom is 0.262 e. The van der Waals surface area contributed by atoms with Gasteiger partial charge in [0.15, 0.2) is 5.16 Å². The molecule has 5 nitrogen and oxygen atoms in total. The van der Waals surface area contributed by atoms with E-state index in [1.807, 2.05) is 18.2 Å². The van der Waals surface area contributed by atoms with Crippen molar-refractivity contribution in [2.24, 2.45) is 0 Å². The zero-order chi connectivity index (χ0) is 15.1. The van der Waals surface area contributed by atoms with Crippen molar-refractivity contribution in [2.75, 3.05) is 26.1 Å². The van der Waals surface area contributed by atoms with Crippen LogP contribution in [0.2, 0.25) is 0 Å². The van der Waals surface area contributed by atoms with Gasteiger partial charge in [-0.15, -0.1) is 0 Å². The van der Waals surface area contributed by atoms with Crippen LogP contribution in [0, 0.1) is 0 Å². The van der Waals surface area contributed by atoms with Crippen molar-refractivity contribution < 1.29 is 9.84 Å². The molecule has 0 fully saturated rings. The number of aliphatic hydroxyl groups is 1. The fourth-order valence-electron chi connectivity index (χ4n) is 2.05. The van der Waals surface area contributed by atoms with Gasteiger partial charge in [0.1, 0.15) is 0 Å². The second-order valence-corrected chi connectivity index (χ2v) is 5.70. The normalized spacial score (nSPS) is 11.1. The minimum absolute atomic E-state index is 0.0109. The number of para-hydroxylation sites is 1. The summed E-state index contributed by atoms with van der Waals surface area (Å²) in [4.78, 5) is 17.2. The van der Waals surface area contributed by atoms with Gasteiger partial charge in [0.2, 0.25) is 0 Å². The van der Waals surface area contributed by atoms with Gasteiger partial charge in [0, 0.05) is 32.6 Å². The number of hydrogen-bond donors (Lipinski definition) is 1. The average molecular weight is 308 g/mol. The van der Waals surface area contributed by atoms with Crippen LogP contribution in [0.4, 0.5) is 0 Å². The van der Waals surface area contributed by atoms with Crippen LogP contribution < -0.4 is 5.56 Å². The molecule has 0 saturated carbocycles. The molecule has 0 bridgehead atoms. The highest BCUT2D eigenvalue weighted by atomic mass is 32.2. The number of fused-ring (bicyclic) bond motifs is 1. The van der Waals surface area contributed by atoms with E-state index in [1.54, 1.807) is 17.7 Å². The number of aromatic nitrogens is 2. The predicted molar refractivity (Wildman–Crippen MR) is 84.9 cm³/mol. The lowest BCUT2D eigenvalue weighted by molar-refractivity contribution is 0.189. The number of hydrogen-bond acceptors (Lipinski definition) is 5. The average Bonchev–Trinajstić information content (AvgIpc) is 2.50. The Morgan fingerprint density at radius 1 is 1.33 bits per heavy atom. The fraction of sp³-hybridized carbons (Fsp3) is 0.467. The van der Waals surface area contributed by atoms with Gasteiger partial charge in [-0.3, -0.25) is 9.36 Å². The minimum Gasteiger partial charge on any atom is -0.396 e. The zero-order valence-corrected chi connectivity index (χ0v) is 12.9. The summed E-state index contributed by atoms with van der Waals surface area (Å²) < 4.78 is 6.77. The molecule has 1 aromatic carbocycles. The Morgan fingerprint density at radius 3 is 2.90 bits per heavy atom. The van der Waals surface area contributed by atoms with Crippen molar-refractivity contribution in [1.82, 2.24) is 9.55 Å². The highest BCUT2D eigenvalue weighted by molar-refractivity contribution is 7.99. The molecule has 0 atom stereocenters. The lowest BCUT2D eigenvalue weighted by atomic mass is 10.2. The van der Waals surface area contributed by atoms with Gasteiger partial charge in [-0.05, 0) is 25.0 Å². The smallest absolute Gasteiger partial charge is 0.262 e. The standard InChI is InChI=1S/C15H20N2O3S/c1-20-10-4-8-17-14(19)12-6-2-3-7-13(12)16-15(17)21-11-5-9-18/h2-3,6-7,18H,4-5,8-11H2,1H3. The molecule has 1 N–H and O–H groups in total. The van der Waals surface area contributed by atoms with Gasteiger partial charge in [0.25, 0.3) is 5.56 Å². The third-order valence-electron chi connectivity index (χ3n) is 3.09. The summed E-state index contributed by atoms with van der Waals surface area (Å²) >= 11 is 1.51. The number of aliphatic hydroxyl groups excluding tert-OH is 1. The van der Waals surface area contributed by atoms with Gasteiger partial charge in [-0.1, -0.05) is 23.9 Å². The summed E-state index contributed by atoms with van der Waals surface area (Å²) in [5.41, 5.74) is 0.709. The lowest BCUT2D eigenvalue weighted by Gasteiger charge is -2.12. The molecule has 21 heavy (non-hydrogen) atoms. The molecule has 0 saturated heterocycles. The van der Waals surface area contributed by atoms with E-state index >= 15 is 0 Å². The van der Waals surface area contributed by atoms with Crippen LogP contribution in [0.25, 0.3) is 10.9 Å². The maximum absolute atomic E-state index is 12.6. The zero-order valence-electron chi connectivity index (χ0n) is 12.1. The van der Waals surface area contributed by atoms with Crippen LogP contribution in [-0.4, -0.2) is 40.7 Å². The molecule has 114 valence electrons. The number of ether oxygens (including phenoxy) is 1. The molecule has 0 spiro atoms. The molecular weight excluding hydrogens is 288 g/mol. The van der Waals surface area contributed by atoms with E-state index in [2.05, 4.69) is 4.98 Å². The molecule has 0 amide bonds. The van der Waals surface area contributed by atoms with Crippen LogP contribution >= 0.6 is 11.8 Å². The van der Waals surface area contributed by atoms with Crippen molar-refractivity contribution in [3.63, 3.8) is 0 Å². The Kier molecular flexibility index (Phi) is 6.22. The van der Waals surface area contributed by atoms with E-state index < -0.39 is 0 Å². The summed E-state index contributed by atoms with van der Waals surface area (Å²) in [7, 11) is 1.65. The van der Waals surface area contributed by atoms with Crippen LogP contribution in [0.5, 0.6) is 0 Å². The van der Waals surface area contributed by atoms with E-state index in [9.17, 15) is 4.79 Å². The van der Waals surface area contributed by atoms with Crippen LogP contribution in [0.3, 0.4) is 0 Å². The Morgan fingerprint density at radius 2 is 2.14 bits per heavy atom. The van der Waals surface area contributed by atoms with Gasteiger partial charge in [0.05, 0.1) is 10.9 Å². The van der Waals surface area contributed by atoms with E-state index in [1.165, 1.54) is 11.8 Å². The second-order valence-electron chi connectivity index (χ2n) is 4.64. The van der Waals surface area contributed by atoms with Crippen LogP contribution in [-0.2, 0) is 11.3 Å². The number of rotatable bonds is 8. The first kappa shape index (κ1) is 16.0. The molecule has 1 heterocycles. The molecular formula is C15H20N2O3S. The molecule has 2 rings (SSSR count). The monoisotopic (exact) mass is 308 g/mol. The third-order valence-corrected chi connectivity index (χ3v) is 4.15. The summed E-state index contributed by atoms with van der Waals surface area (Å²) in [5, 5.41) is 10.2.